The van der Waals surface area contributed by atoms with Gasteiger partial charge in [-0.25, -0.2) is 4.79 Å². The molecule has 1 fully saturated rings. The molecule has 116 valence electrons. The zero-order valence-electron chi connectivity index (χ0n) is 10.9. The molecule has 0 unspecified atom stereocenters. The molecular weight excluding hydrogens is 274 g/mol. The zero-order valence-corrected chi connectivity index (χ0v) is 10.9. The molecule has 0 aromatic rings. The van der Waals surface area contributed by atoms with Gasteiger partial charge in [0.2, 0.25) is 5.91 Å². The molecule has 0 aromatic carbocycles. The first-order chi connectivity index (χ1) is 9.19. The van der Waals surface area contributed by atoms with Crippen molar-refractivity contribution in [3.8, 4) is 0 Å². The Hall–Kier alpha value is -1.26. The van der Waals surface area contributed by atoms with Crippen LogP contribution in [0.5, 0.6) is 0 Å². The number of aliphatic hydroxyl groups excluding tert-OH is 3. The first kappa shape index (κ1) is 16.8. The van der Waals surface area contributed by atoms with E-state index in [0.29, 0.717) is 0 Å². The Morgan fingerprint density at radius 2 is 2.10 bits per heavy atom. The van der Waals surface area contributed by atoms with Crippen molar-refractivity contribution < 1.29 is 39.9 Å². The summed E-state index contributed by atoms with van der Waals surface area (Å²) in [6.45, 7) is 0.596. The molecule has 1 aliphatic heterocycles. The molecule has 1 aliphatic rings. The van der Waals surface area contributed by atoms with Crippen LogP contribution in [0.3, 0.4) is 0 Å². The second-order valence-corrected chi connectivity index (χ2v) is 4.82. The molecule has 9 heteroatoms. The Kier molecular flexibility index (Phi) is 5.42. The molecule has 1 amide bonds. The maximum atomic E-state index is 11.1. The number of carboxylic acids is 1. The van der Waals surface area contributed by atoms with Crippen LogP contribution in [0.2, 0.25) is 0 Å². The zero-order chi connectivity index (χ0) is 15.5. The Balaban J connectivity index is 2.93. The van der Waals surface area contributed by atoms with Crippen LogP contribution in [0.15, 0.2) is 0 Å². The first-order valence-electron chi connectivity index (χ1n) is 6.07. The van der Waals surface area contributed by atoms with E-state index in [1.54, 1.807) is 0 Å². The average Bonchev–Trinajstić information content (AvgIpc) is 2.33. The Morgan fingerprint density at radius 3 is 2.55 bits per heavy atom. The van der Waals surface area contributed by atoms with E-state index in [4.69, 9.17) is 14.9 Å². The maximum Gasteiger partial charge on any atom is 0.364 e. The quantitative estimate of drug-likeness (QED) is 0.316. The number of nitrogens with one attached hydrogen (secondary N) is 1. The molecule has 0 spiro atoms. The third-order valence-electron chi connectivity index (χ3n) is 3.07. The summed E-state index contributed by atoms with van der Waals surface area (Å²) in [5, 5.41) is 49.2. The topological polar surface area (TPSA) is 157 Å². The maximum absolute atomic E-state index is 11.1. The average molecular weight is 293 g/mol. The van der Waals surface area contributed by atoms with Crippen LogP contribution in [-0.2, 0) is 14.3 Å². The third-order valence-corrected chi connectivity index (χ3v) is 3.07. The molecule has 1 saturated heterocycles. The normalized spacial score (nSPS) is 35.4. The third kappa shape index (κ3) is 3.87. The van der Waals surface area contributed by atoms with E-state index in [-0.39, 0.29) is 6.42 Å². The first-order valence-corrected chi connectivity index (χ1v) is 6.07. The van der Waals surface area contributed by atoms with E-state index >= 15 is 0 Å². The van der Waals surface area contributed by atoms with E-state index in [2.05, 4.69) is 5.32 Å². The minimum atomic E-state index is -2.60. The number of carbonyl (C=O) groups excluding carboxylic acids is 1. The molecule has 6 N–H and O–H groups in total. The van der Waals surface area contributed by atoms with Gasteiger partial charge in [0.1, 0.15) is 0 Å². The van der Waals surface area contributed by atoms with E-state index in [1.807, 2.05) is 0 Å². The lowest BCUT2D eigenvalue weighted by atomic mass is 9.90. The van der Waals surface area contributed by atoms with Crippen LogP contribution in [-0.4, -0.2) is 74.2 Å². The van der Waals surface area contributed by atoms with Crippen LogP contribution in [0.4, 0.5) is 0 Å². The number of rotatable bonds is 5. The van der Waals surface area contributed by atoms with Crippen molar-refractivity contribution >= 4 is 11.9 Å². The van der Waals surface area contributed by atoms with Gasteiger partial charge in [-0.15, -0.1) is 0 Å². The van der Waals surface area contributed by atoms with Crippen molar-refractivity contribution in [2.45, 2.75) is 49.9 Å². The molecule has 5 atom stereocenters. The molecule has 0 bridgehead atoms. The van der Waals surface area contributed by atoms with Crippen LogP contribution >= 0.6 is 0 Å². The van der Waals surface area contributed by atoms with Crippen LogP contribution < -0.4 is 5.32 Å². The number of aliphatic hydroxyl groups is 4. The molecule has 9 nitrogen and oxygen atoms in total. The van der Waals surface area contributed by atoms with Crippen LogP contribution in [0.1, 0.15) is 19.8 Å². The smallest absolute Gasteiger partial charge is 0.364 e. The molecular formula is C11H19NO8. The highest BCUT2D eigenvalue weighted by atomic mass is 16.7. The fourth-order valence-electron chi connectivity index (χ4n) is 2.13. The van der Waals surface area contributed by atoms with Gasteiger partial charge in [0.25, 0.3) is 5.79 Å². The summed E-state index contributed by atoms with van der Waals surface area (Å²) >= 11 is 0. The van der Waals surface area contributed by atoms with Gasteiger partial charge in [-0.2, -0.15) is 0 Å². The number of hydrogen-bond donors (Lipinski definition) is 6. The predicted octanol–water partition coefficient (Wildman–Crippen LogP) is -2.84. The van der Waals surface area contributed by atoms with Gasteiger partial charge in [-0.3, -0.25) is 4.79 Å². The summed E-state index contributed by atoms with van der Waals surface area (Å²) in [6, 6.07) is -0.992. The standard InChI is InChI=1S/C11H19NO8/c1-5(14)12-9-7(16)3-11(19,10(17)18)20-8(9)2-6(15)4-13/h6-9,13,15-16,19H,2-4H2,1H3,(H,12,14)(H,17,18)/t6-,7-,8-,9+,11-/m0/s1. The number of hydrogen-bond acceptors (Lipinski definition) is 7. The van der Waals surface area contributed by atoms with Gasteiger partial charge in [-0.1, -0.05) is 0 Å². The van der Waals surface area contributed by atoms with E-state index in [1.165, 1.54) is 6.92 Å². The fourth-order valence-corrected chi connectivity index (χ4v) is 2.13. The monoisotopic (exact) mass is 293 g/mol. The van der Waals surface area contributed by atoms with Crippen molar-refractivity contribution in [1.29, 1.82) is 0 Å². The summed E-state index contributed by atoms with van der Waals surface area (Å²) in [4.78, 5) is 22.1. The number of carboxylic acid groups (broad SMARTS) is 1. The molecule has 0 aliphatic carbocycles. The lowest BCUT2D eigenvalue weighted by molar-refractivity contribution is -0.280. The largest absolute Gasteiger partial charge is 0.477 e. The molecule has 0 radical (unpaired) electrons. The van der Waals surface area contributed by atoms with Crippen LogP contribution in [0, 0.1) is 0 Å². The summed E-state index contributed by atoms with van der Waals surface area (Å²) in [5.41, 5.74) is 0. The molecule has 0 saturated carbocycles. The lowest BCUT2D eigenvalue weighted by Crippen LogP contribution is -2.63. The van der Waals surface area contributed by atoms with Gasteiger partial charge < -0.3 is 35.6 Å². The number of carbonyl (C=O) groups is 2. The Bertz CT molecular complexity index is 375. The lowest BCUT2D eigenvalue weighted by Gasteiger charge is -2.42. The van der Waals surface area contributed by atoms with Gasteiger partial charge >= 0.3 is 5.97 Å². The van der Waals surface area contributed by atoms with Crippen molar-refractivity contribution in [2.24, 2.45) is 0 Å². The molecule has 20 heavy (non-hydrogen) atoms. The number of ether oxygens (including phenoxy) is 1. The van der Waals surface area contributed by atoms with E-state index in [0.717, 1.165) is 0 Å². The summed E-state index contributed by atoms with van der Waals surface area (Å²) in [7, 11) is 0. The second kappa shape index (κ2) is 6.46. The van der Waals surface area contributed by atoms with Crippen molar-refractivity contribution in [3.05, 3.63) is 0 Å². The van der Waals surface area contributed by atoms with Crippen molar-refractivity contribution in [3.63, 3.8) is 0 Å². The highest BCUT2D eigenvalue weighted by molar-refractivity contribution is 5.76. The number of amides is 1. The SMILES string of the molecule is CC(=O)N[C@H]1[C@H](C[C@H](O)CO)O[C@](O)(C(=O)O)C[C@@H]1O. The van der Waals surface area contributed by atoms with Gasteiger partial charge in [0.15, 0.2) is 0 Å². The second-order valence-electron chi connectivity index (χ2n) is 4.82. The van der Waals surface area contributed by atoms with Gasteiger partial charge in [0.05, 0.1) is 31.0 Å². The van der Waals surface area contributed by atoms with Gasteiger partial charge in [-0.05, 0) is 0 Å². The Morgan fingerprint density at radius 1 is 1.50 bits per heavy atom. The fraction of sp³-hybridized carbons (Fsp3) is 0.818. The van der Waals surface area contributed by atoms with Gasteiger partial charge in [0, 0.05) is 19.8 Å². The summed E-state index contributed by atoms with van der Waals surface area (Å²) in [5.74, 6) is -4.77. The van der Waals surface area contributed by atoms with Crippen molar-refractivity contribution in [1.82, 2.24) is 5.32 Å². The highest BCUT2D eigenvalue weighted by Gasteiger charge is 2.51. The molecule has 0 aromatic heterocycles. The van der Waals surface area contributed by atoms with E-state index in [9.17, 15) is 24.9 Å². The van der Waals surface area contributed by atoms with Crippen molar-refractivity contribution in [2.75, 3.05) is 6.61 Å². The Labute approximate surface area is 114 Å². The summed E-state index contributed by atoms with van der Waals surface area (Å²) in [6.07, 6.45) is -4.65. The highest BCUT2D eigenvalue weighted by Crippen LogP contribution is 2.30. The van der Waals surface area contributed by atoms with E-state index < -0.39 is 55.0 Å². The number of aliphatic carboxylic acids is 1. The van der Waals surface area contributed by atoms with Crippen LogP contribution in [0.25, 0.3) is 0 Å². The molecule has 1 heterocycles. The predicted molar refractivity (Wildman–Crippen MR) is 63.4 cm³/mol. The summed E-state index contributed by atoms with van der Waals surface area (Å²) < 4.78 is 5.00. The minimum absolute atomic E-state index is 0.256. The minimum Gasteiger partial charge on any atom is -0.477 e. The molecule has 1 rings (SSSR count).